The molecule has 1 aliphatic heterocycles. The average Bonchev–Trinajstić information content (AvgIpc) is 2.96. The van der Waals surface area contributed by atoms with Crippen LogP contribution in [0.4, 0.5) is 10.2 Å². The first-order valence-corrected chi connectivity index (χ1v) is 7.43. The van der Waals surface area contributed by atoms with E-state index >= 15 is 0 Å². The van der Waals surface area contributed by atoms with Crippen LogP contribution >= 0.6 is 11.6 Å². The number of hydrogen-bond acceptors (Lipinski definition) is 3. The molecule has 1 aromatic heterocycles. The van der Waals surface area contributed by atoms with Crippen molar-refractivity contribution in [3.8, 4) is 0 Å². The minimum Gasteiger partial charge on any atom is -0.354 e. The SMILES string of the molecule is O=C(NC1CCN(c2ccccn2)C1)c1ccc(F)cc1Cl. The smallest absolute Gasteiger partial charge is 0.253 e. The molecule has 0 saturated carbocycles. The Hall–Kier alpha value is -2.14. The summed E-state index contributed by atoms with van der Waals surface area (Å²) in [4.78, 5) is 18.7. The summed E-state index contributed by atoms with van der Waals surface area (Å²) in [5, 5.41) is 3.06. The fraction of sp³-hybridized carbons (Fsp3) is 0.250. The Balaban J connectivity index is 1.64. The molecule has 0 radical (unpaired) electrons. The zero-order valence-electron chi connectivity index (χ0n) is 11.8. The maximum absolute atomic E-state index is 13.0. The van der Waals surface area contributed by atoms with E-state index in [1.165, 1.54) is 12.1 Å². The van der Waals surface area contributed by atoms with Gasteiger partial charge in [0.1, 0.15) is 11.6 Å². The Bertz CT molecular complexity index is 680. The van der Waals surface area contributed by atoms with Crippen LogP contribution in [0.1, 0.15) is 16.8 Å². The van der Waals surface area contributed by atoms with Gasteiger partial charge in [0, 0.05) is 25.3 Å². The van der Waals surface area contributed by atoms with Gasteiger partial charge in [0.2, 0.25) is 0 Å². The number of hydrogen-bond donors (Lipinski definition) is 1. The van der Waals surface area contributed by atoms with Crippen LogP contribution in [-0.4, -0.2) is 30.0 Å². The van der Waals surface area contributed by atoms with Gasteiger partial charge in [0.15, 0.2) is 0 Å². The number of halogens is 2. The van der Waals surface area contributed by atoms with Gasteiger partial charge in [-0.3, -0.25) is 4.79 Å². The number of benzene rings is 1. The molecule has 22 heavy (non-hydrogen) atoms. The maximum atomic E-state index is 13.0. The summed E-state index contributed by atoms with van der Waals surface area (Å²) in [5.74, 6) is 0.167. The summed E-state index contributed by atoms with van der Waals surface area (Å²) < 4.78 is 13.0. The topological polar surface area (TPSA) is 45.2 Å². The van der Waals surface area contributed by atoms with Crippen molar-refractivity contribution in [3.63, 3.8) is 0 Å². The quantitative estimate of drug-likeness (QED) is 0.946. The number of aromatic nitrogens is 1. The highest BCUT2D eigenvalue weighted by atomic mass is 35.5. The van der Waals surface area contributed by atoms with Gasteiger partial charge >= 0.3 is 0 Å². The van der Waals surface area contributed by atoms with Crippen LogP contribution in [0, 0.1) is 5.82 Å². The molecule has 3 rings (SSSR count). The van der Waals surface area contributed by atoms with Crippen LogP contribution in [0.25, 0.3) is 0 Å². The van der Waals surface area contributed by atoms with Crippen LogP contribution in [0.15, 0.2) is 42.6 Å². The van der Waals surface area contributed by atoms with E-state index < -0.39 is 5.82 Å². The van der Waals surface area contributed by atoms with Gasteiger partial charge < -0.3 is 10.2 Å². The second kappa shape index (κ2) is 6.32. The van der Waals surface area contributed by atoms with E-state index in [-0.39, 0.29) is 17.0 Å². The number of amides is 1. The summed E-state index contributed by atoms with van der Waals surface area (Å²) in [6.45, 7) is 1.53. The monoisotopic (exact) mass is 319 g/mol. The third kappa shape index (κ3) is 3.20. The van der Waals surface area contributed by atoms with Crippen molar-refractivity contribution >= 4 is 23.3 Å². The van der Waals surface area contributed by atoms with Crippen molar-refractivity contribution < 1.29 is 9.18 Å². The zero-order chi connectivity index (χ0) is 15.5. The molecule has 2 aromatic rings. The Kier molecular flexibility index (Phi) is 4.24. The van der Waals surface area contributed by atoms with E-state index in [1.807, 2.05) is 18.2 Å². The highest BCUT2D eigenvalue weighted by molar-refractivity contribution is 6.33. The predicted molar refractivity (Wildman–Crippen MR) is 83.7 cm³/mol. The molecule has 0 bridgehead atoms. The molecule has 1 atom stereocenters. The van der Waals surface area contributed by atoms with Gasteiger partial charge in [0.05, 0.1) is 10.6 Å². The number of nitrogens with one attached hydrogen (secondary N) is 1. The second-order valence-corrected chi connectivity index (χ2v) is 5.62. The standard InChI is InChI=1S/C16H15ClFN3O/c17-14-9-11(18)4-5-13(14)16(22)20-12-6-8-21(10-12)15-3-1-2-7-19-15/h1-5,7,9,12H,6,8,10H2,(H,20,22). The third-order valence-electron chi connectivity index (χ3n) is 3.67. The summed E-state index contributed by atoms with van der Waals surface area (Å²) in [5.41, 5.74) is 0.291. The van der Waals surface area contributed by atoms with E-state index in [4.69, 9.17) is 11.6 Å². The van der Waals surface area contributed by atoms with Crippen molar-refractivity contribution in [1.29, 1.82) is 0 Å². The van der Waals surface area contributed by atoms with E-state index in [9.17, 15) is 9.18 Å². The summed E-state index contributed by atoms with van der Waals surface area (Å²) in [6.07, 6.45) is 2.58. The van der Waals surface area contributed by atoms with Crippen LogP contribution < -0.4 is 10.2 Å². The molecular weight excluding hydrogens is 305 g/mol. The summed E-state index contributed by atoms with van der Waals surface area (Å²) in [7, 11) is 0. The molecule has 2 heterocycles. The Labute approximate surface area is 132 Å². The number of carbonyl (C=O) groups excluding carboxylic acids is 1. The van der Waals surface area contributed by atoms with Crippen molar-refractivity contribution in [2.24, 2.45) is 0 Å². The number of rotatable bonds is 3. The highest BCUT2D eigenvalue weighted by Crippen LogP contribution is 2.20. The lowest BCUT2D eigenvalue weighted by molar-refractivity contribution is 0.0940. The Morgan fingerprint density at radius 2 is 2.23 bits per heavy atom. The first kappa shape index (κ1) is 14.8. The molecule has 1 fully saturated rings. The zero-order valence-corrected chi connectivity index (χ0v) is 12.6. The van der Waals surface area contributed by atoms with Crippen LogP contribution in [0.5, 0.6) is 0 Å². The van der Waals surface area contributed by atoms with Gasteiger partial charge in [0.25, 0.3) is 5.91 Å². The van der Waals surface area contributed by atoms with E-state index in [0.29, 0.717) is 12.1 Å². The Morgan fingerprint density at radius 3 is 2.95 bits per heavy atom. The molecule has 0 aliphatic carbocycles. The normalized spacial score (nSPS) is 17.5. The summed E-state index contributed by atoms with van der Waals surface area (Å²) in [6, 6.07) is 9.55. The molecule has 1 aliphatic rings. The molecule has 114 valence electrons. The Morgan fingerprint density at radius 1 is 1.36 bits per heavy atom. The van der Waals surface area contributed by atoms with Crippen LogP contribution in [0.3, 0.4) is 0 Å². The maximum Gasteiger partial charge on any atom is 0.253 e. The lowest BCUT2D eigenvalue weighted by Gasteiger charge is -2.18. The highest BCUT2D eigenvalue weighted by Gasteiger charge is 2.25. The molecule has 6 heteroatoms. The molecule has 1 N–H and O–H groups in total. The minimum absolute atomic E-state index is 0.0237. The number of carbonyl (C=O) groups is 1. The van der Waals surface area contributed by atoms with Crippen LogP contribution in [0.2, 0.25) is 5.02 Å². The van der Waals surface area contributed by atoms with E-state index in [1.54, 1.807) is 6.20 Å². The molecule has 1 unspecified atom stereocenters. The van der Waals surface area contributed by atoms with Crippen molar-refractivity contribution in [1.82, 2.24) is 10.3 Å². The van der Waals surface area contributed by atoms with Crippen molar-refractivity contribution in [2.75, 3.05) is 18.0 Å². The number of pyridine rings is 1. The van der Waals surface area contributed by atoms with E-state index in [2.05, 4.69) is 15.2 Å². The average molecular weight is 320 g/mol. The fourth-order valence-corrected chi connectivity index (χ4v) is 2.82. The minimum atomic E-state index is -0.455. The molecule has 0 spiro atoms. The third-order valence-corrected chi connectivity index (χ3v) is 3.99. The van der Waals surface area contributed by atoms with Gasteiger partial charge in [-0.05, 0) is 36.8 Å². The molecule has 1 aromatic carbocycles. The lowest BCUT2D eigenvalue weighted by Crippen LogP contribution is -2.37. The van der Waals surface area contributed by atoms with Gasteiger partial charge in [-0.25, -0.2) is 9.37 Å². The van der Waals surface area contributed by atoms with Gasteiger partial charge in [-0.1, -0.05) is 17.7 Å². The van der Waals surface area contributed by atoms with Gasteiger partial charge in [-0.2, -0.15) is 0 Å². The van der Waals surface area contributed by atoms with Crippen LogP contribution in [-0.2, 0) is 0 Å². The summed E-state index contributed by atoms with van der Waals surface area (Å²) >= 11 is 5.91. The molecular formula is C16H15ClFN3O. The second-order valence-electron chi connectivity index (χ2n) is 5.22. The molecule has 1 amide bonds. The first-order valence-electron chi connectivity index (χ1n) is 7.05. The fourth-order valence-electron chi connectivity index (χ4n) is 2.56. The number of nitrogens with zero attached hydrogens (tertiary/aromatic N) is 2. The van der Waals surface area contributed by atoms with Crippen molar-refractivity contribution in [2.45, 2.75) is 12.5 Å². The first-order chi connectivity index (χ1) is 10.6. The number of anilines is 1. The molecule has 4 nitrogen and oxygen atoms in total. The largest absolute Gasteiger partial charge is 0.354 e. The predicted octanol–water partition coefficient (Wildman–Crippen LogP) is 2.88. The van der Waals surface area contributed by atoms with Gasteiger partial charge in [-0.15, -0.1) is 0 Å². The molecule has 1 saturated heterocycles. The van der Waals surface area contributed by atoms with Crippen molar-refractivity contribution in [3.05, 3.63) is 59.0 Å². The lowest BCUT2D eigenvalue weighted by atomic mass is 10.2. The van der Waals surface area contributed by atoms with E-state index in [0.717, 1.165) is 24.8 Å².